The summed E-state index contributed by atoms with van der Waals surface area (Å²) in [7, 11) is 0. The van der Waals surface area contributed by atoms with E-state index in [2.05, 4.69) is 5.32 Å². The molecule has 0 heterocycles. The van der Waals surface area contributed by atoms with Crippen molar-refractivity contribution in [3.05, 3.63) is 39.9 Å². The van der Waals surface area contributed by atoms with Crippen molar-refractivity contribution in [2.45, 2.75) is 13.0 Å². The molecule has 0 fully saturated rings. The number of rotatable bonds is 5. The van der Waals surface area contributed by atoms with Crippen LogP contribution in [0.3, 0.4) is 0 Å². The summed E-state index contributed by atoms with van der Waals surface area (Å²) in [5.74, 6) is 0. The molecule has 82 valence electrons. The van der Waals surface area contributed by atoms with Crippen LogP contribution in [0.5, 0.6) is 0 Å². The van der Waals surface area contributed by atoms with Crippen LogP contribution in [0, 0.1) is 10.1 Å². The molecule has 2 N–H and O–H groups in total. The molecule has 1 aromatic rings. The van der Waals surface area contributed by atoms with Gasteiger partial charge in [0.15, 0.2) is 0 Å². The summed E-state index contributed by atoms with van der Waals surface area (Å²) in [4.78, 5) is 10.1. The van der Waals surface area contributed by atoms with Gasteiger partial charge in [-0.05, 0) is 12.5 Å². The molecule has 5 heteroatoms. The Morgan fingerprint density at radius 3 is 2.93 bits per heavy atom. The van der Waals surface area contributed by atoms with E-state index in [0.717, 1.165) is 5.56 Å². The SMILES string of the molecule is C[C@@H](NCCO)c1cccc([N+](=O)[O-])c1. The first kappa shape index (κ1) is 11.6. The second-order valence-electron chi connectivity index (χ2n) is 3.25. The van der Waals surface area contributed by atoms with Gasteiger partial charge in [0.2, 0.25) is 0 Å². The Kier molecular flexibility index (Phi) is 4.20. The number of aliphatic hydroxyl groups is 1. The van der Waals surface area contributed by atoms with Crippen molar-refractivity contribution in [1.29, 1.82) is 0 Å². The first-order valence-electron chi connectivity index (χ1n) is 4.73. The van der Waals surface area contributed by atoms with E-state index in [0.29, 0.717) is 6.54 Å². The maximum atomic E-state index is 10.5. The van der Waals surface area contributed by atoms with Gasteiger partial charge in [-0.1, -0.05) is 12.1 Å². The summed E-state index contributed by atoms with van der Waals surface area (Å²) in [5, 5.41) is 22.2. The normalized spacial score (nSPS) is 12.4. The lowest BCUT2D eigenvalue weighted by atomic mass is 10.1. The fraction of sp³-hybridized carbons (Fsp3) is 0.400. The predicted molar refractivity (Wildman–Crippen MR) is 56.6 cm³/mol. The number of nitrogens with zero attached hydrogens (tertiary/aromatic N) is 1. The fourth-order valence-corrected chi connectivity index (χ4v) is 1.31. The number of hydrogen-bond donors (Lipinski definition) is 2. The largest absolute Gasteiger partial charge is 0.395 e. The van der Waals surface area contributed by atoms with Crippen molar-refractivity contribution in [3.8, 4) is 0 Å². The van der Waals surface area contributed by atoms with Gasteiger partial charge in [-0.2, -0.15) is 0 Å². The quantitative estimate of drug-likeness (QED) is 0.566. The van der Waals surface area contributed by atoms with Crippen molar-refractivity contribution in [3.63, 3.8) is 0 Å². The number of aliphatic hydroxyl groups excluding tert-OH is 1. The molecule has 5 nitrogen and oxygen atoms in total. The third-order valence-electron chi connectivity index (χ3n) is 2.14. The Balaban J connectivity index is 2.76. The number of nitro benzene ring substituents is 1. The molecule has 0 aliphatic carbocycles. The van der Waals surface area contributed by atoms with Gasteiger partial charge in [-0.3, -0.25) is 10.1 Å². The van der Waals surface area contributed by atoms with Gasteiger partial charge in [-0.25, -0.2) is 0 Å². The van der Waals surface area contributed by atoms with E-state index in [1.165, 1.54) is 12.1 Å². The van der Waals surface area contributed by atoms with Crippen LogP contribution in [0.4, 0.5) is 5.69 Å². The zero-order valence-electron chi connectivity index (χ0n) is 8.51. The minimum absolute atomic E-state index is 0.00273. The molecule has 0 aliphatic rings. The van der Waals surface area contributed by atoms with Crippen LogP contribution >= 0.6 is 0 Å². The zero-order valence-corrected chi connectivity index (χ0v) is 8.51. The van der Waals surface area contributed by atoms with Gasteiger partial charge < -0.3 is 10.4 Å². The Labute approximate surface area is 87.9 Å². The molecule has 0 saturated carbocycles. The van der Waals surface area contributed by atoms with E-state index in [9.17, 15) is 10.1 Å². The standard InChI is InChI=1S/C10H14N2O3/c1-8(11-5-6-13)9-3-2-4-10(7-9)12(14)15/h2-4,7-8,11,13H,5-6H2,1H3/t8-/m1/s1. The molecule has 0 bridgehead atoms. The number of nitro groups is 1. The third kappa shape index (κ3) is 3.30. The summed E-state index contributed by atoms with van der Waals surface area (Å²) >= 11 is 0. The topological polar surface area (TPSA) is 75.4 Å². The van der Waals surface area contributed by atoms with Gasteiger partial charge >= 0.3 is 0 Å². The van der Waals surface area contributed by atoms with Gasteiger partial charge in [0.05, 0.1) is 11.5 Å². The van der Waals surface area contributed by atoms with Crippen molar-refractivity contribution >= 4 is 5.69 Å². The van der Waals surface area contributed by atoms with Crippen molar-refractivity contribution in [2.75, 3.05) is 13.2 Å². The zero-order chi connectivity index (χ0) is 11.3. The molecule has 1 aromatic carbocycles. The minimum Gasteiger partial charge on any atom is -0.395 e. The number of non-ortho nitro benzene ring substituents is 1. The van der Waals surface area contributed by atoms with E-state index in [1.54, 1.807) is 6.07 Å². The molecule has 1 atom stereocenters. The molecule has 1 rings (SSSR count). The predicted octanol–water partition coefficient (Wildman–Crippen LogP) is 1.24. The molecule has 0 radical (unpaired) electrons. The summed E-state index contributed by atoms with van der Waals surface area (Å²) in [6.45, 7) is 2.43. The molecule has 15 heavy (non-hydrogen) atoms. The fourth-order valence-electron chi connectivity index (χ4n) is 1.31. The Morgan fingerprint density at radius 2 is 2.33 bits per heavy atom. The molecular weight excluding hydrogens is 196 g/mol. The first-order valence-corrected chi connectivity index (χ1v) is 4.73. The second kappa shape index (κ2) is 5.43. The molecule has 0 amide bonds. The van der Waals surface area contributed by atoms with Gasteiger partial charge in [0, 0.05) is 24.7 Å². The van der Waals surface area contributed by atoms with Gasteiger partial charge in [0.1, 0.15) is 0 Å². The highest BCUT2D eigenvalue weighted by molar-refractivity contribution is 5.35. The Bertz CT molecular complexity index is 341. The van der Waals surface area contributed by atoms with Crippen LogP contribution in [0.25, 0.3) is 0 Å². The van der Waals surface area contributed by atoms with Gasteiger partial charge in [-0.15, -0.1) is 0 Å². The summed E-state index contributed by atoms with van der Waals surface area (Å²) in [6.07, 6.45) is 0. The van der Waals surface area contributed by atoms with Crippen molar-refractivity contribution in [2.24, 2.45) is 0 Å². The molecular formula is C10H14N2O3. The van der Waals surface area contributed by atoms with E-state index in [-0.39, 0.29) is 18.3 Å². The van der Waals surface area contributed by atoms with Gasteiger partial charge in [0.25, 0.3) is 5.69 Å². The lowest BCUT2D eigenvalue weighted by Gasteiger charge is -2.12. The maximum Gasteiger partial charge on any atom is 0.269 e. The van der Waals surface area contributed by atoms with Crippen LogP contribution in [-0.4, -0.2) is 23.2 Å². The number of hydrogen-bond acceptors (Lipinski definition) is 4. The van der Waals surface area contributed by atoms with Crippen LogP contribution < -0.4 is 5.32 Å². The Morgan fingerprint density at radius 1 is 1.60 bits per heavy atom. The lowest BCUT2D eigenvalue weighted by Crippen LogP contribution is -2.22. The van der Waals surface area contributed by atoms with Crippen LogP contribution in [0.1, 0.15) is 18.5 Å². The molecule has 0 spiro atoms. The Hall–Kier alpha value is -1.46. The van der Waals surface area contributed by atoms with Crippen molar-refractivity contribution in [1.82, 2.24) is 5.32 Å². The second-order valence-corrected chi connectivity index (χ2v) is 3.25. The maximum absolute atomic E-state index is 10.5. The molecule has 0 unspecified atom stereocenters. The van der Waals surface area contributed by atoms with Crippen LogP contribution in [0.15, 0.2) is 24.3 Å². The van der Waals surface area contributed by atoms with E-state index in [4.69, 9.17) is 5.11 Å². The van der Waals surface area contributed by atoms with E-state index in [1.807, 2.05) is 13.0 Å². The highest BCUT2D eigenvalue weighted by Gasteiger charge is 2.09. The highest BCUT2D eigenvalue weighted by Crippen LogP contribution is 2.18. The summed E-state index contributed by atoms with van der Waals surface area (Å²) in [5.41, 5.74) is 0.933. The minimum atomic E-state index is -0.414. The number of benzene rings is 1. The third-order valence-corrected chi connectivity index (χ3v) is 2.14. The van der Waals surface area contributed by atoms with Crippen molar-refractivity contribution < 1.29 is 10.0 Å². The highest BCUT2D eigenvalue weighted by atomic mass is 16.6. The average Bonchev–Trinajstić information content (AvgIpc) is 2.26. The molecule has 0 saturated heterocycles. The smallest absolute Gasteiger partial charge is 0.269 e. The molecule has 0 aromatic heterocycles. The van der Waals surface area contributed by atoms with E-state index >= 15 is 0 Å². The van der Waals surface area contributed by atoms with Crippen LogP contribution in [-0.2, 0) is 0 Å². The number of nitrogens with one attached hydrogen (secondary N) is 1. The lowest BCUT2D eigenvalue weighted by molar-refractivity contribution is -0.384. The summed E-state index contributed by atoms with van der Waals surface area (Å²) in [6, 6.07) is 6.47. The molecule has 0 aliphatic heterocycles. The summed E-state index contributed by atoms with van der Waals surface area (Å²) < 4.78 is 0. The monoisotopic (exact) mass is 210 g/mol. The average molecular weight is 210 g/mol. The van der Waals surface area contributed by atoms with E-state index < -0.39 is 4.92 Å². The van der Waals surface area contributed by atoms with Crippen LogP contribution in [0.2, 0.25) is 0 Å². The first-order chi connectivity index (χ1) is 7.15.